The van der Waals surface area contributed by atoms with Gasteiger partial charge in [0.2, 0.25) is 0 Å². The summed E-state index contributed by atoms with van der Waals surface area (Å²) in [6.07, 6.45) is 11.3. The van der Waals surface area contributed by atoms with Crippen LogP contribution in [-0.2, 0) is 10.3 Å². The fourth-order valence-electron chi connectivity index (χ4n) is 3.32. The number of ether oxygens (including phenoxy) is 1. The number of carbonyl (C=O) groups excluding carboxylic acids is 1. The van der Waals surface area contributed by atoms with E-state index in [1.807, 2.05) is 30.3 Å². The van der Waals surface area contributed by atoms with Crippen molar-refractivity contribution in [2.24, 2.45) is 0 Å². The Bertz CT molecular complexity index is 524. The quantitative estimate of drug-likeness (QED) is 0.741. The minimum absolute atomic E-state index is 0.0984. The van der Waals surface area contributed by atoms with Gasteiger partial charge >= 0.3 is 0 Å². The molecular weight excluding hydrogens is 248 g/mol. The summed E-state index contributed by atoms with van der Waals surface area (Å²) >= 11 is 0. The van der Waals surface area contributed by atoms with Gasteiger partial charge in [0.15, 0.2) is 5.78 Å². The summed E-state index contributed by atoms with van der Waals surface area (Å²) in [5.41, 5.74) is 1.54. The number of fused-ring (bicyclic) bond motifs is 2. The zero-order valence-electron chi connectivity index (χ0n) is 12.1. The van der Waals surface area contributed by atoms with Crippen LogP contribution in [0.1, 0.15) is 61.4 Å². The van der Waals surface area contributed by atoms with Gasteiger partial charge in [-0.25, -0.2) is 0 Å². The van der Waals surface area contributed by atoms with Gasteiger partial charge in [-0.3, -0.25) is 4.79 Å². The molecule has 0 N–H and O–H groups in total. The maximum atomic E-state index is 11.9. The average molecular weight is 270 g/mol. The number of hydrogen-bond acceptors (Lipinski definition) is 2. The summed E-state index contributed by atoms with van der Waals surface area (Å²) in [5.74, 6) is 0.0984. The van der Waals surface area contributed by atoms with Crippen molar-refractivity contribution in [2.75, 3.05) is 0 Å². The lowest BCUT2D eigenvalue weighted by molar-refractivity contribution is -0.186. The van der Waals surface area contributed by atoms with E-state index in [1.54, 1.807) is 6.08 Å². The molecule has 1 spiro atoms. The number of allylic oxidation sites excluding steroid dienone is 1. The van der Waals surface area contributed by atoms with Crippen LogP contribution in [0.2, 0.25) is 0 Å². The lowest BCUT2D eigenvalue weighted by Crippen LogP contribution is -2.48. The molecule has 0 radical (unpaired) electrons. The van der Waals surface area contributed by atoms with Gasteiger partial charge in [0.25, 0.3) is 0 Å². The van der Waals surface area contributed by atoms with Crippen LogP contribution in [0, 0.1) is 0 Å². The first-order valence-corrected chi connectivity index (χ1v) is 7.76. The fourth-order valence-corrected chi connectivity index (χ4v) is 3.32. The highest BCUT2D eigenvalue weighted by Crippen LogP contribution is 2.47. The van der Waals surface area contributed by atoms with Crippen LogP contribution in [0.4, 0.5) is 0 Å². The molecule has 2 aliphatic rings. The SMILES string of the molecule is CCCCCC[C@@H]1CC2(C=CC(=O)c3ccccc32)O1. The van der Waals surface area contributed by atoms with Crippen LogP contribution < -0.4 is 0 Å². The maximum absolute atomic E-state index is 11.9. The molecule has 106 valence electrons. The summed E-state index contributed by atoms with van der Waals surface area (Å²) in [5, 5.41) is 0. The van der Waals surface area contributed by atoms with Gasteiger partial charge in [0.1, 0.15) is 5.60 Å². The normalized spacial score (nSPS) is 27.4. The largest absolute Gasteiger partial charge is 0.363 e. The smallest absolute Gasteiger partial charge is 0.186 e. The third-order valence-corrected chi connectivity index (χ3v) is 4.44. The zero-order chi connectivity index (χ0) is 14.0. The Balaban J connectivity index is 1.65. The van der Waals surface area contributed by atoms with Crippen LogP contribution in [0.3, 0.4) is 0 Å². The number of ketones is 1. The predicted octanol–water partition coefficient (Wildman–Crippen LogP) is 4.39. The second-order valence-corrected chi connectivity index (χ2v) is 5.93. The van der Waals surface area contributed by atoms with Crippen molar-refractivity contribution in [3.63, 3.8) is 0 Å². The van der Waals surface area contributed by atoms with E-state index in [0.717, 1.165) is 24.0 Å². The van der Waals surface area contributed by atoms with Crippen LogP contribution >= 0.6 is 0 Å². The molecule has 20 heavy (non-hydrogen) atoms. The molecule has 0 bridgehead atoms. The van der Waals surface area contributed by atoms with Crippen molar-refractivity contribution in [1.29, 1.82) is 0 Å². The Morgan fingerprint density at radius 2 is 2.05 bits per heavy atom. The van der Waals surface area contributed by atoms with Gasteiger partial charge in [-0.05, 0) is 24.1 Å². The van der Waals surface area contributed by atoms with Gasteiger partial charge < -0.3 is 4.74 Å². The van der Waals surface area contributed by atoms with E-state index in [1.165, 1.54) is 25.7 Å². The summed E-state index contributed by atoms with van der Waals surface area (Å²) in [6.45, 7) is 2.23. The number of benzene rings is 1. The highest BCUT2D eigenvalue weighted by molar-refractivity contribution is 6.07. The molecule has 1 aromatic carbocycles. The van der Waals surface area contributed by atoms with Gasteiger partial charge in [-0.1, -0.05) is 56.9 Å². The molecule has 1 heterocycles. The molecule has 1 aliphatic carbocycles. The second-order valence-electron chi connectivity index (χ2n) is 5.93. The molecule has 2 atom stereocenters. The zero-order valence-corrected chi connectivity index (χ0v) is 12.1. The van der Waals surface area contributed by atoms with E-state index in [-0.39, 0.29) is 11.4 Å². The van der Waals surface area contributed by atoms with Crippen molar-refractivity contribution >= 4 is 5.78 Å². The lowest BCUT2D eigenvalue weighted by atomic mass is 9.75. The van der Waals surface area contributed by atoms with Gasteiger partial charge in [-0.2, -0.15) is 0 Å². The molecule has 1 aliphatic heterocycles. The summed E-state index contributed by atoms with van der Waals surface area (Å²) < 4.78 is 6.18. The molecule has 0 saturated carbocycles. The number of rotatable bonds is 5. The number of hydrogen-bond donors (Lipinski definition) is 0. The Morgan fingerprint density at radius 1 is 1.25 bits per heavy atom. The maximum Gasteiger partial charge on any atom is 0.186 e. The van der Waals surface area contributed by atoms with E-state index >= 15 is 0 Å². The van der Waals surface area contributed by atoms with Gasteiger partial charge in [0, 0.05) is 12.0 Å². The average Bonchev–Trinajstić information content (AvgIpc) is 2.44. The molecule has 2 nitrogen and oxygen atoms in total. The van der Waals surface area contributed by atoms with Gasteiger partial charge in [-0.15, -0.1) is 0 Å². The lowest BCUT2D eigenvalue weighted by Gasteiger charge is -2.48. The van der Waals surface area contributed by atoms with E-state index in [9.17, 15) is 4.79 Å². The van der Waals surface area contributed by atoms with Crippen molar-refractivity contribution in [2.45, 2.75) is 57.2 Å². The molecule has 2 heteroatoms. The number of carbonyl (C=O) groups is 1. The first-order chi connectivity index (χ1) is 9.75. The minimum atomic E-state index is -0.320. The van der Waals surface area contributed by atoms with Crippen molar-refractivity contribution in [3.05, 3.63) is 47.5 Å². The first kappa shape index (κ1) is 13.6. The Morgan fingerprint density at radius 3 is 2.85 bits per heavy atom. The van der Waals surface area contributed by atoms with Crippen molar-refractivity contribution < 1.29 is 9.53 Å². The van der Waals surface area contributed by atoms with Crippen LogP contribution in [0.25, 0.3) is 0 Å². The monoisotopic (exact) mass is 270 g/mol. The molecule has 3 rings (SSSR count). The highest BCUT2D eigenvalue weighted by atomic mass is 16.5. The molecular formula is C18H22O2. The molecule has 1 aromatic rings. The van der Waals surface area contributed by atoms with E-state index in [4.69, 9.17) is 4.74 Å². The molecule has 0 aromatic heterocycles. The van der Waals surface area contributed by atoms with Gasteiger partial charge in [0.05, 0.1) is 6.10 Å². The minimum Gasteiger partial charge on any atom is -0.363 e. The molecule has 0 amide bonds. The van der Waals surface area contributed by atoms with Crippen molar-refractivity contribution in [3.8, 4) is 0 Å². The topological polar surface area (TPSA) is 26.3 Å². The summed E-state index contributed by atoms with van der Waals surface area (Å²) in [7, 11) is 0. The van der Waals surface area contributed by atoms with Crippen LogP contribution in [0.15, 0.2) is 36.4 Å². The third-order valence-electron chi connectivity index (χ3n) is 4.44. The van der Waals surface area contributed by atoms with E-state index in [2.05, 4.69) is 6.92 Å². The van der Waals surface area contributed by atoms with Crippen molar-refractivity contribution in [1.82, 2.24) is 0 Å². The second kappa shape index (κ2) is 5.53. The predicted molar refractivity (Wildman–Crippen MR) is 79.8 cm³/mol. The summed E-state index contributed by atoms with van der Waals surface area (Å²) in [6, 6.07) is 7.85. The Labute approximate surface area is 120 Å². The van der Waals surface area contributed by atoms with Crippen LogP contribution in [-0.4, -0.2) is 11.9 Å². The first-order valence-electron chi connectivity index (χ1n) is 7.76. The molecule has 1 saturated heterocycles. The fraction of sp³-hybridized carbons (Fsp3) is 0.500. The Kier molecular flexibility index (Phi) is 3.75. The number of unbranched alkanes of at least 4 members (excludes halogenated alkanes) is 3. The summed E-state index contributed by atoms with van der Waals surface area (Å²) in [4.78, 5) is 11.9. The standard InChI is InChI=1S/C18H22O2/c1-2-3-4-5-8-14-13-18(20-14)12-11-17(19)15-9-6-7-10-16(15)18/h6-7,9-12,14H,2-5,8,13H2,1H3/t14-,18?/m1/s1. The third kappa shape index (κ3) is 2.33. The molecule has 1 unspecified atom stereocenters. The van der Waals surface area contributed by atoms with E-state index < -0.39 is 0 Å². The highest BCUT2D eigenvalue weighted by Gasteiger charge is 2.47. The van der Waals surface area contributed by atoms with Crippen LogP contribution in [0.5, 0.6) is 0 Å². The van der Waals surface area contributed by atoms with E-state index in [0.29, 0.717) is 6.10 Å². The molecule has 1 fully saturated rings. The Hall–Kier alpha value is -1.41.